The highest BCUT2D eigenvalue weighted by Crippen LogP contribution is 2.28. The third-order valence-electron chi connectivity index (χ3n) is 3.72. The molecule has 2 aromatic carbocycles. The van der Waals surface area contributed by atoms with Gasteiger partial charge in [-0.1, -0.05) is 48.5 Å². The third-order valence-corrected chi connectivity index (χ3v) is 4.56. The molecule has 0 fully saturated rings. The molecule has 4 heteroatoms. The summed E-state index contributed by atoms with van der Waals surface area (Å²) >= 11 is 1.65. The molecule has 2 aromatic heterocycles. The van der Waals surface area contributed by atoms with Gasteiger partial charge in [-0.3, -0.25) is 0 Å². The number of benzene rings is 2. The van der Waals surface area contributed by atoms with Crippen LogP contribution in [0.5, 0.6) is 0 Å². The van der Waals surface area contributed by atoms with Gasteiger partial charge >= 0.3 is 0 Å². The maximum absolute atomic E-state index is 4.72. The van der Waals surface area contributed by atoms with Gasteiger partial charge in [0.05, 0.1) is 5.52 Å². The van der Waals surface area contributed by atoms with Crippen molar-refractivity contribution in [1.82, 2.24) is 9.97 Å². The number of fused-ring (bicyclic) bond motifs is 1. The number of anilines is 1. The van der Waals surface area contributed by atoms with E-state index in [9.17, 15) is 0 Å². The minimum atomic E-state index is 0.00450. The van der Waals surface area contributed by atoms with E-state index in [1.807, 2.05) is 54.0 Å². The summed E-state index contributed by atoms with van der Waals surface area (Å²) in [5.74, 6) is 0.854. The first-order chi connectivity index (χ1) is 11.4. The van der Waals surface area contributed by atoms with E-state index in [4.69, 9.17) is 4.98 Å². The van der Waals surface area contributed by atoms with Crippen LogP contribution in [0.2, 0.25) is 0 Å². The fourth-order valence-corrected chi connectivity index (χ4v) is 3.32. The second-order valence-corrected chi connectivity index (χ2v) is 6.17. The van der Waals surface area contributed by atoms with Gasteiger partial charge in [0, 0.05) is 17.0 Å². The molecular formula is C19H15N3S. The molecule has 0 amide bonds. The van der Waals surface area contributed by atoms with Crippen molar-refractivity contribution in [2.45, 2.75) is 6.04 Å². The summed E-state index contributed by atoms with van der Waals surface area (Å²) in [5, 5.41) is 7.70. The van der Waals surface area contributed by atoms with Gasteiger partial charge in [-0.25, -0.2) is 9.97 Å². The minimum Gasteiger partial charge on any atom is -0.357 e. The molecule has 4 rings (SSSR count). The van der Waals surface area contributed by atoms with Gasteiger partial charge in [0.1, 0.15) is 16.9 Å². The molecule has 4 aromatic rings. The lowest BCUT2D eigenvalue weighted by Crippen LogP contribution is -2.13. The molecular weight excluding hydrogens is 302 g/mol. The maximum atomic E-state index is 4.72. The zero-order valence-electron chi connectivity index (χ0n) is 12.4. The Morgan fingerprint density at radius 2 is 1.70 bits per heavy atom. The SMILES string of the molecule is c1ccc(C(Nc2ccc3ccccc3n2)c2nccs2)cc1. The quantitative estimate of drug-likeness (QED) is 0.582. The van der Waals surface area contributed by atoms with Crippen molar-refractivity contribution >= 4 is 28.1 Å². The molecule has 23 heavy (non-hydrogen) atoms. The first-order valence-corrected chi connectivity index (χ1v) is 8.35. The lowest BCUT2D eigenvalue weighted by Gasteiger charge is -2.18. The summed E-state index contributed by atoms with van der Waals surface area (Å²) in [6, 6.07) is 22.6. The molecule has 1 atom stereocenters. The molecule has 0 aliphatic rings. The first kappa shape index (κ1) is 13.9. The van der Waals surface area contributed by atoms with E-state index in [1.165, 1.54) is 5.56 Å². The largest absolute Gasteiger partial charge is 0.357 e. The van der Waals surface area contributed by atoms with E-state index < -0.39 is 0 Å². The van der Waals surface area contributed by atoms with Crippen LogP contribution < -0.4 is 5.32 Å². The zero-order valence-corrected chi connectivity index (χ0v) is 13.2. The molecule has 0 aliphatic heterocycles. The molecule has 0 saturated heterocycles. The summed E-state index contributed by atoms with van der Waals surface area (Å²) < 4.78 is 0. The Kier molecular flexibility index (Phi) is 3.74. The van der Waals surface area contributed by atoms with E-state index >= 15 is 0 Å². The molecule has 1 N–H and O–H groups in total. The number of para-hydroxylation sites is 1. The van der Waals surface area contributed by atoms with Crippen LogP contribution in [0.25, 0.3) is 10.9 Å². The van der Waals surface area contributed by atoms with Crippen LogP contribution in [0.3, 0.4) is 0 Å². The normalized spacial score (nSPS) is 12.2. The van der Waals surface area contributed by atoms with Crippen molar-refractivity contribution in [3.05, 3.63) is 88.9 Å². The molecule has 0 bridgehead atoms. The summed E-state index contributed by atoms with van der Waals surface area (Å²) in [4.78, 5) is 9.20. The van der Waals surface area contributed by atoms with E-state index in [1.54, 1.807) is 11.3 Å². The second kappa shape index (κ2) is 6.18. The third kappa shape index (κ3) is 2.94. The Morgan fingerprint density at radius 1 is 0.870 bits per heavy atom. The number of thiazole rings is 1. The van der Waals surface area contributed by atoms with Crippen molar-refractivity contribution in [2.24, 2.45) is 0 Å². The minimum absolute atomic E-state index is 0.00450. The first-order valence-electron chi connectivity index (χ1n) is 7.47. The second-order valence-electron chi connectivity index (χ2n) is 5.25. The predicted molar refractivity (Wildman–Crippen MR) is 95.8 cm³/mol. The molecule has 0 radical (unpaired) electrons. The molecule has 3 nitrogen and oxygen atoms in total. The standard InChI is InChI=1S/C19H15N3S/c1-2-7-15(8-3-1)18(19-20-12-13-23-19)22-17-11-10-14-6-4-5-9-16(14)21-17/h1-13,18H,(H,21,22). The summed E-state index contributed by atoms with van der Waals surface area (Å²) in [7, 11) is 0. The van der Waals surface area contributed by atoms with Gasteiger partial charge in [-0.2, -0.15) is 0 Å². The zero-order chi connectivity index (χ0) is 15.5. The average molecular weight is 317 g/mol. The molecule has 1 unspecified atom stereocenters. The van der Waals surface area contributed by atoms with Crippen LogP contribution in [0.15, 0.2) is 78.3 Å². The number of hydrogen-bond donors (Lipinski definition) is 1. The van der Waals surface area contributed by atoms with Gasteiger partial charge < -0.3 is 5.32 Å². The van der Waals surface area contributed by atoms with Gasteiger partial charge in [-0.15, -0.1) is 11.3 Å². The average Bonchev–Trinajstić information content (AvgIpc) is 3.14. The van der Waals surface area contributed by atoms with Crippen molar-refractivity contribution < 1.29 is 0 Å². The molecule has 0 aliphatic carbocycles. The topological polar surface area (TPSA) is 37.8 Å². The fraction of sp³-hybridized carbons (Fsp3) is 0.0526. The van der Waals surface area contributed by atoms with Crippen LogP contribution in [0.1, 0.15) is 16.6 Å². The van der Waals surface area contributed by atoms with Gasteiger partial charge in [-0.05, 0) is 23.8 Å². The van der Waals surface area contributed by atoms with Crippen molar-refractivity contribution in [3.8, 4) is 0 Å². The number of nitrogens with zero attached hydrogens (tertiary/aromatic N) is 2. The van der Waals surface area contributed by atoms with Crippen molar-refractivity contribution in [3.63, 3.8) is 0 Å². The van der Waals surface area contributed by atoms with Gasteiger partial charge in [0.2, 0.25) is 0 Å². The van der Waals surface area contributed by atoms with Gasteiger partial charge in [0.15, 0.2) is 0 Å². The monoisotopic (exact) mass is 317 g/mol. The van der Waals surface area contributed by atoms with E-state index in [2.05, 4.69) is 34.6 Å². The van der Waals surface area contributed by atoms with Gasteiger partial charge in [0.25, 0.3) is 0 Å². The Balaban J connectivity index is 1.72. The number of nitrogens with one attached hydrogen (secondary N) is 1. The van der Waals surface area contributed by atoms with Crippen LogP contribution >= 0.6 is 11.3 Å². The summed E-state index contributed by atoms with van der Waals surface area (Å²) in [6.45, 7) is 0. The predicted octanol–water partition coefficient (Wildman–Crippen LogP) is 4.89. The number of pyridine rings is 1. The van der Waals surface area contributed by atoms with Crippen molar-refractivity contribution in [2.75, 3.05) is 5.32 Å². The van der Waals surface area contributed by atoms with Crippen LogP contribution in [0, 0.1) is 0 Å². The van der Waals surface area contributed by atoms with E-state index in [0.717, 1.165) is 21.7 Å². The number of aromatic nitrogens is 2. The smallest absolute Gasteiger partial charge is 0.127 e. The lowest BCUT2D eigenvalue weighted by molar-refractivity contribution is 0.912. The highest BCUT2D eigenvalue weighted by atomic mass is 32.1. The van der Waals surface area contributed by atoms with E-state index in [-0.39, 0.29) is 6.04 Å². The number of rotatable bonds is 4. The maximum Gasteiger partial charge on any atom is 0.127 e. The summed E-state index contributed by atoms with van der Waals surface area (Å²) in [5.41, 5.74) is 2.17. The Hall–Kier alpha value is -2.72. The Morgan fingerprint density at radius 3 is 2.52 bits per heavy atom. The Bertz CT molecular complexity index is 904. The number of hydrogen-bond acceptors (Lipinski definition) is 4. The van der Waals surface area contributed by atoms with Crippen LogP contribution in [-0.4, -0.2) is 9.97 Å². The highest BCUT2D eigenvalue weighted by Gasteiger charge is 2.16. The lowest BCUT2D eigenvalue weighted by atomic mass is 10.1. The molecule has 0 saturated carbocycles. The molecule has 0 spiro atoms. The van der Waals surface area contributed by atoms with E-state index in [0.29, 0.717) is 0 Å². The molecule has 112 valence electrons. The molecule has 2 heterocycles. The summed E-state index contributed by atoms with van der Waals surface area (Å²) in [6.07, 6.45) is 1.84. The highest BCUT2D eigenvalue weighted by molar-refractivity contribution is 7.09. The van der Waals surface area contributed by atoms with Crippen molar-refractivity contribution in [1.29, 1.82) is 0 Å². The fourth-order valence-electron chi connectivity index (χ4n) is 2.60. The Labute approximate surface area is 138 Å². The van der Waals surface area contributed by atoms with Crippen LogP contribution in [-0.2, 0) is 0 Å². The van der Waals surface area contributed by atoms with Crippen LogP contribution in [0.4, 0.5) is 5.82 Å².